The highest BCUT2D eigenvalue weighted by Crippen LogP contribution is 2.26. The molecule has 0 aliphatic carbocycles. The number of alkyl halides is 1. The molecule has 2 aromatic rings. The Morgan fingerprint density at radius 3 is 2.88 bits per heavy atom. The van der Waals surface area contributed by atoms with E-state index in [1.807, 2.05) is 0 Å². The second-order valence-electron chi connectivity index (χ2n) is 3.22. The standard InChI is InChI=1S/C10H8ClN3O3/c11-6-5-9-12-10(13-17-9)7-3-1-2-4-8(7)14(15)16/h1-4H,5-6H2. The van der Waals surface area contributed by atoms with E-state index in [0.29, 0.717) is 23.8 Å². The first kappa shape index (κ1) is 11.5. The molecule has 0 spiro atoms. The largest absolute Gasteiger partial charge is 0.339 e. The van der Waals surface area contributed by atoms with Crippen molar-refractivity contribution in [2.75, 3.05) is 5.88 Å². The van der Waals surface area contributed by atoms with Gasteiger partial charge in [0, 0.05) is 18.4 Å². The van der Waals surface area contributed by atoms with Gasteiger partial charge in [0.15, 0.2) is 0 Å². The molecular formula is C10H8ClN3O3. The number of aromatic nitrogens is 2. The molecule has 0 aliphatic heterocycles. The van der Waals surface area contributed by atoms with E-state index in [4.69, 9.17) is 16.1 Å². The monoisotopic (exact) mass is 253 g/mol. The van der Waals surface area contributed by atoms with Crippen molar-refractivity contribution in [3.63, 3.8) is 0 Å². The maximum atomic E-state index is 10.8. The minimum absolute atomic E-state index is 0.0503. The summed E-state index contributed by atoms with van der Waals surface area (Å²) in [4.78, 5) is 14.4. The van der Waals surface area contributed by atoms with E-state index in [0.717, 1.165) is 0 Å². The van der Waals surface area contributed by atoms with Crippen LogP contribution in [0.2, 0.25) is 0 Å². The first-order valence-corrected chi connectivity index (χ1v) is 5.38. The summed E-state index contributed by atoms with van der Waals surface area (Å²) in [5.74, 6) is 0.934. The number of nitro groups is 1. The Bertz CT molecular complexity index is 541. The van der Waals surface area contributed by atoms with E-state index in [1.54, 1.807) is 18.2 Å². The number of rotatable bonds is 4. The average molecular weight is 254 g/mol. The number of para-hydroxylation sites is 1. The van der Waals surface area contributed by atoms with Crippen molar-refractivity contribution in [2.24, 2.45) is 0 Å². The molecule has 0 saturated heterocycles. The van der Waals surface area contributed by atoms with E-state index >= 15 is 0 Å². The van der Waals surface area contributed by atoms with Crippen LogP contribution in [-0.4, -0.2) is 20.9 Å². The second kappa shape index (κ2) is 4.92. The first-order chi connectivity index (χ1) is 8.22. The number of aryl methyl sites for hydroxylation is 1. The summed E-state index contributed by atoms with van der Waals surface area (Å²) in [6.07, 6.45) is 0.440. The van der Waals surface area contributed by atoms with E-state index in [1.165, 1.54) is 6.07 Å². The van der Waals surface area contributed by atoms with Gasteiger partial charge < -0.3 is 4.52 Å². The Hall–Kier alpha value is -1.95. The van der Waals surface area contributed by atoms with Crippen LogP contribution in [0.5, 0.6) is 0 Å². The molecule has 0 bridgehead atoms. The van der Waals surface area contributed by atoms with Crippen LogP contribution >= 0.6 is 11.6 Å². The highest BCUT2D eigenvalue weighted by molar-refractivity contribution is 6.17. The molecule has 0 N–H and O–H groups in total. The predicted octanol–water partition coefficient (Wildman–Crippen LogP) is 2.43. The molecule has 0 aliphatic rings. The van der Waals surface area contributed by atoms with Crippen LogP contribution in [0, 0.1) is 10.1 Å². The zero-order valence-electron chi connectivity index (χ0n) is 8.67. The molecule has 0 atom stereocenters. The summed E-state index contributed by atoms with van der Waals surface area (Å²) in [6, 6.07) is 6.24. The molecule has 6 nitrogen and oxygen atoms in total. The van der Waals surface area contributed by atoms with Crippen molar-refractivity contribution >= 4 is 17.3 Å². The summed E-state index contributed by atoms with van der Waals surface area (Å²) >= 11 is 5.54. The number of hydrogen-bond donors (Lipinski definition) is 0. The lowest BCUT2D eigenvalue weighted by Crippen LogP contribution is -1.93. The Balaban J connectivity index is 2.41. The quantitative estimate of drug-likeness (QED) is 0.475. The second-order valence-corrected chi connectivity index (χ2v) is 3.60. The van der Waals surface area contributed by atoms with Gasteiger partial charge in [0.2, 0.25) is 11.7 Å². The molecule has 2 rings (SSSR count). The fraction of sp³-hybridized carbons (Fsp3) is 0.200. The molecule has 1 heterocycles. The average Bonchev–Trinajstić information content (AvgIpc) is 2.78. The van der Waals surface area contributed by atoms with Crippen LogP contribution < -0.4 is 0 Å². The van der Waals surface area contributed by atoms with E-state index in [-0.39, 0.29) is 11.5 Å². The molecule has 0 unspecified atom stereocenters. The number of halogens is 1. The fourth-order valence-corrected chi connectivity index (χ4v) is 1.53. The maximum Gasteiger partial charge on any atom is 0.280 e. The SMILES string of the molecule is O=[N+]([O-])c1ccccc1-c1noc(CCCl)n1. The lowest BCUT2D eigenvalue weighted by molar-refractivity contribution is -0.384. The van der Waals surface area contributed by atoms with Crippen LogP contribution in [-0.2, 0) is 6.42 Å². The predicted molar refractivity (Wildman–Crippen MR) is 60.8 cm³/mol. The molecule has 0 fully saturated rings. The summed E-state index contributed by atoms with van der Waals surface area (Å²) in [5.41, 5.74) is 0.285. The summed E-state index contributed by atoms with van der Waals surface area (Å²) in [5, 5.41) is 14.5. The topological polar surface area (TPSA) is 82.1 Å². The molecular weight excluding hydrogens is 246 g/mol. The number of nitro benzene ring substituents is 1. The zero-order chi connectivity index (χ0) is 12.3. The summed E-state index contributed by atoms with van der Waals surface area (Å²) in [6.45, 7) is 0. The van der Waals surface area contributed by atoms with Crippen LogP contribution in [0.15, 0.2) is 28.8 Å². The lowest BCUT2D eigenvalue weighted by Gasteiger charge is -1.96. The van der Waals surface area contributed by atoms with Gasteiger partial charge >= 0.3 is 0 Å². The molecule has 0 amide bonds. The number of nitrogens with zero attached hydrogens (tertiary/aromatic N) is 3. The number of benzene rings is 1. The highest BCUT2D eigenvalue weighted by Gasteiger charge is 2.18. The molecule has 0 radical (unpaired) electrons. The third kappa shape index (κ3) is 2.42. The molecule has 1 aromatic heterocycles. The molecule has 0 saturated carbocycles. The minimum atomic E-state index is -0.479. The van der Waals surface area contributed by atoms with Crippen molar-refractivity contribution in [3.05, 3.63) is 40.3 Å². The van der Waals surface area contributed by atoms with E-state index in [9.17, 15) is 10.1 Å². The smallest absolute Gasteiger partial charge is 0.280 e. The van der Waals surface area contributed by atoms with Gasteiger partial charge in [-0.25, -0.2) is 0 Å². The molecule has 1 aromatic carbocycles. The Morgan fingerprint density at radius 1 is 1.41 bits per heavy atom. The van der Waals surface area contributed by atoms with E-state index in [2.05, 4.69) is 10.1 Å². The Labute approximate surface area is 101 Å². The van der Waals surface area contributed by atoms with Crippen LogP contribution in [0.3, 0.4) is 0 Å². The van der Waals surface area contributed by atoms with Crippen molar-refractivity contribution in [3.8, 4) is 11.4 Å². The van der Waals surface area contributed by atoms with Crippen molar-refractivity contribution in [1.82, 2.24) is 10.1 Å². The van der Waals surface area contributed by atoms with Gasteiger partial charge in [0.1, 0.15) is 5.56 Å². The zero-order valence-corrected chi connectivity index (χ0v) is 9.42. The van der Waals surface area contributed by atoms with Crippen LogP contribution in [0.25, 0.3) is 11.4 Å². The third-order valence-electron chi connectivity index (χ3n) is 2.12. The molecule has 17 heavy (non-hydrogen) atoms. The van der Waals surface area contributed by atoms with Crippen LogP contribution in [0.1, 0.15) is 5.89 Å². The van der Waals surface area contributed by atoms with Crippen molar-refractivity contribution < 1.29 is 9.45 Å². The first-order valence-electron chi connectivity index (χ1n) is 4.84. The van der Waals surface area contributed by atoms with Crippen molar-refractivity contribution in [2.45, 2.75) is 6.42 Å². The van der Waals surface area contributed by atoms with Crippen LogP contribution in [0.4, 0.5) is 5.69 Å². The van der Waals surface area contributed by atoms with Crippen molar-refractivity contribution in [1.29, 1.82) is 0 Å². The highest BCUT2D eigenvalue weighted by atomic mass is 35.5. The normalized spacial score (nSPS) is 10.4. The number of hydrogen-bond acceptors (Lipinski definition) is 5. The van der Waals surface area contributed by atoms with Gasteiger partial charge in [0.25, 0.3) is 5.69 Å². The van der Waals surface area contributed by atoms with Gasteiger partial charge in [-0.3, -0.25) is 10.1 Å². The fourth-order valence-electron chi connectivity index (χ4n) is 1.37. The van der Waals surface area contributed by atoms with Gasteiger partial charge in [-0.05, 0) is 6.07 Å². The minimum Gasteiger partial charge on any atom is -0.339 e. The Morgan fingerprint density at radius 2 is 2.18 bits per heavy atom. The summed E-state index contributed by atoms with van der Waals surface area (Å²) in [7, 11) is 0. The third-order valence-corrected chi connectivity index (χ3v) is 2.31. The lowest BCUT2D eigenvalue weighted by atomic mass is 10.2. The van der Waals surface area contributed by atoms with E-state index < -0.39 is 4.92 Å². The van der Waals surface area contributed by atoms with Gasteiger partial charge in [-0.15, -0.1) is 11.6 Å². The van der Waals surface area contributed by atoms with Gasteiger partial charge in [-0.1, -0.05) is 17.3 Å². The van der Waals surface area contributed by atoms with Gasteiger partial charge in [0.05, 0.1) is 4.92 Å². The molecule has 88 valence electrons. The summed E-state index contributed by atoms with van der Waals surface area (Å²) < 4.78 is 4.93. The Kier molecular flexibility index (Phi) is 3.34. The molecule has 7 heteroatoms. The van der Waals surface area contributed by atoms with Gasteiger partial charge in [-0.2, -0.15) is 4.98 Å². The maximum absolute atomic E-state index is 10.8.